The predicted molar refractivity (Wildman–Crippen MR) is 90.8 cm³/mol. The van der Waals surface area contributed by atoms with Crippen molar-refractivity contribution in [3.63, 3.8) is 0 Å². The van der Waals surface area contributed by atoms with Gasteiger partial charge in [-0.3, -0.25) is 14.4 Å². The maximum absolute atomic E-state index is 12.2. The minimum absolute atomic E-state index is 0.193. The summed E-state index contributed by atoms with van der Waals surface area (Å²) in [6.07, 6.45) is 3.72. The van der Waals surface area contributed by atoms with Gasteiger partial charge in [0.1, 0.15) is 0 Å². The molecule has 0 amide bonds. The second kappa shape index (κ2) is 6.62. The highest BCUT2D eigenvalue weighted by atomic mass is 16.5. The van der Waals surface area contributed by atoms with Gasteiger partial charge in [-0.25, -0.2) is 0 Å². The minimum Gasteiger partial charge on any atom is -0.466 e. The van der Waals surface area contributed by atoms with Gasteiger partial charge in [0.15, 0.2) is 0 Å². The van der Waals surface area contributed by atoms with Crippen molar-refractivity contribution in [1.82, 2.24) is 0 Å². The fraction of sp³-hybridized carbons (Fsp3) is 0.150. The monoisotopic (exact) mass is 320 g/mol. The average Bonchev–Trinajstić information content (AvgIpc) is 2.60. The summed E-state index contributed by atoms with van der Waals surface area (Å²) in [5, 5.41) is 0. The highest BCUT2D eigenvalue weighted by Gasteiger charge is 2.29. The Morgan fingerprint density at radius 1 is 0.958 bits per heavy atom. The van der Waals surface area contributed by atoms with E-state index in [0.717, 1.165) is 16.7 Å². The number of benzene rings is 2. The van der Waals surface area contributed by atoms with E-state index < -0.39 is 11.6 Å². The normalized spacial score (nSPS) is 12.9. The first-order valence-electron chi connectivity index (χ1n) is 7.76. The number of esters is 1. The number of ether oxygens (including phenoxy) is 1. The molecule has 3 rings (SSSR count). The zero-order valence-electron chi connectivity index (χ0n) is 13.2. The third-order valence-electron chi connectivity index (χ3n) is 3.86. The maximum atomic E-state index is 12.2. The molecule has 2 aromatic carbocycles. The summed E-state index contributed by atoms with van der Waals surface area (Å²) in [6.45, 7) is 2.12. The van der Waals surface area contributed by atoms with Gasteiger partial charge in [0.2, 0.25) is 11.6 Å². The summed E-state index contributed by atoms with van der Waals surface area (Å²) < 4.78 is 4.87. The van der Waals surface area contributed by atoms with Crippen LogP contribution in [0, 0.1) is 0 Å². The molecule has 0 bridgehead atoms. The van der Waals surface area contributed by atoms with E-state index in [1.807, 2.05) is 18.2 Å². The standard InChI is InChI=1S/C20H16O4/c1-2-24-18(21)9-5-6-13-10-11-16-17(12-13)14-7-3-4-8-15(14)19(22)20(16)23/h3-8,10-12H,2,9H2,1H3. The molecule has 0 unspecified atom stereocenters. The van der Waals surface area contributed by atoms with E-state index in [2.05, 4.69) is 0 Å². The van der Waals surface area contributed by atoms with Gasteiger partial charge in [-0.2, -0.15) is 0 Å². The number of hydrogen-bond acceptors (Lipinski definition) is 4. The van der Waals surface area contributed by atoms with Crippen molar-refractivity contribution in [3.8, 4) is 11.1 Å². The Balaban J connectivity index is 1.94. The summed E-state index contributed by atoms with van der Waals surface area (Å²) in [5.41, 5.74) is 3.21. The van der Waals surface area contributed by atoms with Crippen LogP contribution in [0.4, 0.5) is 0 Å². The smallest absolute Gasteiger partial charge is 0.309 e. The van der Waals surface area contributed by atoms with Crippen LogP contribution in [-0.4, -0.2) is 24.1 Å². The lowest BCUT2D eigenvalue weighted by Gasteiger charge is -2.18. The van der Waals surface area contributed by atoms with Crippen molar-refractivity contribution in [2.24, 2.45) is 0 Å². The lowest BCUT2D eigenvalue weighted by molar-refractivity contribution is -0.142. The number of ketones is 2. The fourth-order valence-corrected chi connectivity index (χ4v) is 2.76. The Morgan fingerprint density at radius 2 is 1.62 bits per heavy atom. The first-order chi connectivity index (χ1) is 11.6. The van der Waals surface area contributed by atoms with Crippen LogP contribution in [0.1, 0.15) is 39.6 Å². The molecule has 1 aliphatic carbocycles. The van der Waals surface area contributed by atoms with E-state index in [-0.39, 0.29) is 12.4 Å². The molecule has 0 N–H and O–H groups in total. The van der Waals surface area contributed by atoms with Gasteiger partial charge >= 0.3 is 5.97 Å². The Morgan fingerprint density at radius 3 is 2.33 bits per heavy atom. The minimum atomic E-state index is -0.481. The van der Waals surface area contributed by atoms with E-state index in [1.54, 1.807) is 43.3 Å². The third kappa shape index (κ3) is 2.91. The third-order valence-corrected chi connectivity index (χ3v) is 3.86. The van der Waals surface area contributed by atoms with Crippen LogP contribution in [0.3, 0.4) is 0 Å². The van der Waals surface area contributed by atoms with Crippen LogP contribution in [0.15, 0.2) is 48.5 Å². The van der Waals surface area contributed by atoms with Crippen molar-refractivity contribution >= 4 is 23.6 Å². The topological polar surface area (TPSA) is 60.4 Å². The van der Waals surface area contributed by atoms with E-state index in [9.17, 15) is 14.4 Å². The van der Waals surface area contributed by atoms with Gasteiger partial charge in [-0.15, -0.1) is 0 Å². The van der Waals surface area contributed by atoms with Crippen LogP contribution in [0.25, 0.3) is 17.2 Å². The zero-order valence-corrected chi connectivity index (χ0v) is 13.2. The molecule has 4 nitrogen and oxygen atoms in total. The Kier molecular flexibility index (Phi) is 4.38. The van der Waals surface area contributed by atoms with Gasteiger partial charge in [0, 0.05) is 11.1 Å². The Hall–Kier alpha value is -3.01. The number of carbonyl (C=O) groups is 3. The first kappa shape index (κ1) is 15.9. The van der Waals surface area contributed by atoms with Gasteiger partial charge in [-0.1, -0.05) is 42.5 Å². The number of Topliss-reactive ketones (excluding diaryl/α,β-unsaturated/α-hetero) is 2. The number of fused-ring (bicyclic) bond motifs is 3. The van der Waals surface area contributed by atoms with E-state index >= 15 is 0 Å². The molecule has 0 saturated heterocycles. The first-order valence-corrected chi connectivity index (χ1v) is 7.76. The van der Waals surface area contributed by atoms with Crippen LogP contribution < -0.4 is 0 Å². The molecule has 0 aliphatic heterocycles. The number of carbonyl (C=O) groups excluding carboxylic acids is 3. The molecule has 0 heterocycles. The number of hydrogen-bond donors (Lipinski definition) is 0. The molecule has 0 atom stereocenters. The molecule has 2 aromatic rings. The fourth-order valence-electron chi connectivity index (χ4n) is 2.76. The van der Waals surface area contributed by atoms with Gasteiger partial charge < -0.3 is 4.74 Å². The molecule has 0 aromatic heterocycles. The molecule has 24 heavy (non-hydrogen) atoms. The van der Waals surface area contributed by atoms with Crippen molar-refractivity contribution in [2.45, 2.75) is 13.3 Å². The molecule has 1 aliphatic rings. The van der Waals surface area contributed by atoms with E-state index in [1.165, 1.54) is 0 Å². The highest BCUT2D eigenvalue weighted by Crippen LogP contribution is 2.34. The largest absolute Gasteiger partial charge is 0.466 e. The molecular weight excluding hydrogens is 304 g/mol. The molecule has 0 spiro atoms. The second-order valence-corrected chi connectivity index (χ2v) is 5.42. The summed E-state index contributed by atoms with van der Waals surface area (Å²) in [7, 11) is 0. The summed E-state index contributed by atoms with van der Waals surface area (Å²) in [5.74, 6) is -1.23. The molecule has 0 fully saturated rings. The molecule has 0 saturated carbocycles. The molecule has 0 radical (unpaired) electrons. The molecule has 120 valence electrons. The van der Waals surface area contributed by atoms with Gasteiger partial charge in [0.05, 0.1) is 13.0 Å². The predicted octanol–water partition coefficient (Wildman–Crippen LogP) is 3.70. The quantitative estimate of drug-likeness (QED) is 0.636. The van der Waals surface area contributed by atoms with Crippen LogP contribution >= 0.6 is 0 Å². The van der Waals surface area contributed by atoms with E-state index in [0.29, 0.717) is 17.7 Å². The molecular formula is C20H16O4. The highest BCUT2D eigenvalue weighted by molar-refractivity contribution is 6.53. The van der Waals surface area contributed by atoms with Crippen LogP contribution in [0.5, 0.6) is 0 Å². The summed E-state index contributed by atoms with van der Waals surface area (Å²) in [4.78, 5) is 35.7. The SMILES string of the molecule is CCOC(=O)CC=Cc1ccc2c(c1)-c1ccccc1C(=O)C2=O. The summed E-state index contributed by atoms with van der Waals surface area (Å²) in [6, 6.07) is 12.4. The lowest BCUT2D eigenvalue weighted by atomic mass is 9.83. The van der Waals surface area contributed by atoms with Gasteiger partial charge in [0.25, 0.3) is 0 Å². The Bertz CT molecular complexity index is 862. The van der Waals surface area contributed by atoms with E-state index in [4.69, 9.17) is 4.74 Å². The number of rotatable bonds is 4. The van der Waals surface area contributed by atoms with Crippen molar-refractivity contribution in [2.75, 3.05) is 6.61 Å². The summed E-state index contributed by atoms with van der Waals surface area (Å²) >= 11 is 0. The van der Waals surface area contributed by atoms with Crippen LogP contribution in [0.2, 0.25) is 0 Å². The van der Waals surface area contributed by atoms with Gasteiger partial charge in [-0.05, 0) is 35.7 Å². The van der Waals surface area contributed by atoms with Crippen molar-refractivity contribution in [1.29, 1.82) is 0 Å². The zero-order chi connectivity index (χ0) is 17.1. The Labute approximate surface area is 139 Å². The van der Waals surface area contributed by atoms with Crippen molar-refractivity contribution < 1.29 is 19.1 Å². The molecule has 4 heteroatoms. The average molecular weight is 320 g/mol. The van der Waals surface area contributed by atoms with Crippen LogP contribution in [-0.2, 0) is 9.53 Å². The lowest BCUT2D eigenvalue weighted by Crippen LogP contribution is -2.21. The second-order valence-electron chi connectivity index (χ2n) is 5.42. The van der Waals surface area contributed by atoms with Crippen molar-refractivity contribution in [3.05, 3.63) is 65.2 Å². The maximum Gasteiger partial charge on any atom is 0.309 e.